The average Bonchev–Trinajstić information content (AvgIpc) is 2.63. The van der Waals surface area contributed by atoms with Crippen molar-refractivity contribution in [1.82, 2.24) is 9.21 Å². The molecule has 2 aromatic rings. The first-order valence-electron chi connectivity index (χ1n) is 8.00. The lowest BCUT2D eigenvalue weighted by molar-refractivity contribution is 0.181. The van der Waals surface area contributed by atoms with Crippen LogP contribution in [0.25, 0.3) is 0 Å². The predicted molar refractivity (Wildman–Crippen MR) is 93.5 cm³/mol. The minimum absolute atomic E-state index is 0.369. The third-order valence-electron chi connectivity index (χ3n) is 4.28. The molecule has 0 amide bonds. The molecular formula is C18H22N2O3S. The summed E-state index contributed by atoms with van der Waals surface area (Å²) in [4.78, 5) is 2.65. The summed E-state index contributed by atoms with van der Waals surface area (Å²) in [6.07, 6.45) is 0. The van der Waals surface area contributed by atoms with E-state index in [1.165, 1.54) is 5.56 Å². The van der Waals surface area contributed by atoms with Crippen LogP contribution in [-0.4, -0.2) is 50.9 Å². The summed E-state index contributed by atoms with van der Waals surface area (Å²) < 4.78 is 32.0. The molecule has 5 nitrogen and oxygen atoms in total. The van der Waals surface area contributed by atoms with Crippen LogP contribution in [0.2, 0.25) is 0 Å². The van der Waals surface area contributed by atoms with Gasteiger partial charge in [0.05, 0.1) is 12.0 Å². The maximum Gasteiger partial charge on any atom is 0.243 e. The Hall–Kier alpha value is -1.89. The van der Waals surface area contributed by atoms with E-state index in [1.807, 2.05) is 30.3 Å². The van der Waals surface area contributed by atoms with Crippen LogP contribution in [0.15, 0.2) is 59.5 Å². The molecule has 3 rings (SSSR count). The van der Waals surface area contributed by atoms with Gasteiger partial charge < -0.3 is 4.74 Å². The van der Waals surface area contributed by atoms with E-state index in [9.17, 15) is 8.42 Å². The molecule has 6 heteroatoms. The quantitative estimate of drug-likeness (QED) is 0.833. The Morgan fingerprint density at radius 1 is 0.917 bits per heavy atom. The number of nitrogens with zero attached hydrogens (tertiary/aromatic N) is 2. The molecule has 0 radical (unpaired) electrons. The Labute approximate surface area is 143 Å². The summed E-state index contributed by atoms with van der Waals surface area (Å²) in [7, 11) is -1.72. The van der Waals surface area contributed by atoms with Crippen LogP contribution in [0.5, 0.6) is 5.75 Å². The van der Waals surface area contributed by atoms with E-state index in [1.54, 1.807) is 35.7 Å². The monoisotopic (exact) mass is 346 g/mol. The fourth-order valence-corrected chi connectivity index (χ4v) is 4.30. The largest absolute Gasteiger partial charge is 0.497 e. The van der Waals surface area contributed by atoms with E-state index in [4.69, 9.17) is 4.74 Å². The fourth-order valence-electron chi connectivity index (χ4n) is 2.86. The van der Waals surface area contributed by atoms with Crippen LogP contribution in [0, 0.1) is 0 Å². The maximum absolute atomic E-state index is 12.6. The number of hydrogen-bond donors (Lipinski definition) is 0. The third-order valence-corrected chi connectivity index (χ3v) is 6.19. The topological polar surface area (TPSA) is 49.9 Å². The van der Waals surface area contributed by atoms with Gasteiger partial charge in [0.25, 0.3) is 0 Å². The van der Waals surface area contributed by atoms with Crippen LogP contribution in [0.3, 0.4) is 0 Å². The highest BCUT2D eigenvalue weighted by atomic mass is 32.2. The Morgan fingerprint density at radius 2 is 1.54 bits per heavy atom. The van der Waals surface area contributed by atoms with Crippen molar-refractivity contribution in [2.24, 2.45) is 0 Å². The van der Waals surface area contributed by atoms with Gasteiger partial charge in [-0.05, 0) is 29.8 Å². The van der Waals surface area contributed by atoms with Crippen molar-refractivity contribution in [3.05, 3.63) is 60.2 Å². The fraction of sp³-hybridized carbons (Fsp3) is 0.333. The second kappa shape index (κ2) is 7.34. The number of piperazine rings is 1. The van der Waals surface area contributed by atoms with Gasteiger partial charge in [0, 0.05) is 32.7 Å². The molecule has 0 bridgehead atoms. The van der Waals surface area contributed by atoms with Crippen molar-refractivity contribution in [3.8, 4) is 5.75 Å². The molecule has 0 saturated carbocycles. The van der Waals surface area contributed by atoms with Crippen LogP contribution in [0.4, 0.5) is 0 Å². The SMILES string of the molecule is COc1ccc(CN2CCN(S(=O)(=O)c3ccccc3)CC2)cc1. The van der Waals surface area contributed by atoms with Gasteiger partial charge in [-0.3, -0.25) is 4.90 Å². The Morgan fingerprint density at radius 3 is 2.12 bits per heavy atom. The lowest BCUT2D eigenvalue weighted by Gasteiger charge is -2.34. The van der Waals surface area contributed by atoms with Gasteiger partial charge in [-0.15, -0.1) is 0 Å². The zero-order valence-corrected chi connectivity index (χ0v) is 14.6. The van der Waals surface area contributed by atoms with Crippen LogP contribution >= 0.6 is 0 Å². The van der Waals surface area contributed by atoms with Crippen LogP contribution in [0.1, 0.15) is 5.56 Å². The number of benzene rings is 2. The van der Waals surface area contributed by atoms with Gasteiger partial charge in [0.1, 0.15) is 5.75 Å². The molecule has 1 aliphatic heterocycles. The molecule has 1 saturated heterocycles. The summed E-state index contributed by atoms with van der Waals surface area (Å²) in [6, 6.07) is 16.6. The summed E-state index contributed by atoms with van der Waals surface area (Å²) >= 11 is 0. The van der Waals surface area contributed by atoms with E-state index in [0.29, 0.717) is 18.0 Å². The maximum atomic E-state index is 12.6. The normalized spacial score (nSPS) is 16.9. The summed E-state index contributed by atoms with van der Waals surface area (Å²) in [5.41, 5.74) is 1.20. The molecule has 128 valence electrons. The predicted octanol–water partition coefficient (Wildman–Crippen LogP) is 2.20. The Balaban J connectivity index is 1.59. The second-order valence-corrected chi connectivity index (χ2v) is 7.78. The van der Waals surface area contributed by atoms with Crippen LogP contribution in [-0.2, 0) is 16.6 Å². The van der Waals surface area contributed by atoms with Crippen molar-refractivity contribution in [2.75, 3.05) is 33.3 Å². The lowest BCUT2D eigenvalue weighted by Crippen LogP contribution is -2.48. The Kier molecular flexibility index (Phi) is 5.18. The van der Waals surface area contributed by atoms with Gasteiger partial charge in [0.2, 0.25) is 10.0 Å². The first kappa shape index (κ1) is 17.0. The molecule has 0 N–H and O–H groups in total. The molecule has 1 heterocycles. The minimum atomic E-state index is -3.38. The number of methoxy groups -OCH3 is 1. The highest BCUT2D eigenvalue weighted by molar-refractivity contribution is 7.89. The van der Waals surface area contributed by atoms with Gasteiger partial charge in [-0.25, -0.2) is 8.42 Å². The number of ether oxygens (including phenoxy) is 1. The van der Waals surface area contributed by atoms with Gasteiger partial charge in [-0.2, -0.15) is 4.31 Å². The van der Waals surface area contributed by atoms with Gasteiger partial charge >= 0.3 is 0 Å². The number of hydrogen-bond acceptors (Lipinski definition) is 4. The molecular weight excluding hydrogens is 324 g/mol. The molecule has 1 aliphatic rings. The first-order chi connectivity index (χ1) is 11.6. The molecule has 1 fully saturated rings. The molecule has 0 unspecified atom stereocenters. The summed E-state index contributed by atoms with van der Waals surface area (Å²) in [6.45, 7) is 3.33. The molecule has 24 heavy (non-hydrogen) atoms. The van der Waals surface area contributed by atoms with Crippen molar-refractivity contribution in [1.29, 1.82) is 0 Å². The Bertz CT molecular complexity index is 753. The van der Waals surface area contributed by atoms with Crippen molar-refractivity contribution in [2.45, 2.75) is 11.4 Å². The highest BCUT2D eigenvalue weighted by Crippen LogP contribution is 2.19. The summed E-state index contributed by atoms with van der Waals surface area (Å²) in [5.74, 6) is 0.845. The molecule has 0 atom stereocenters. The van der Waals surface area contributed by atoms with E-state index in [-0.39, 0.29) is 0 Å². The standard InChI is InChI=1S/C18H22N2O3S/c1-23-17-9-7-16(8-10-17)15-19-11-13-20(14-12-19)24(21,22)18-5-3-2-4-6-18/h2-10H,11-15H2,1H3. The van der Waals surface area contributed by atoms with Crippen LogP contribution < -0.4 is 4.74 Å². The highest BCUT2D eigenvalue weighted by Gasteiger charge is 2.28. The molecule has 0 spiro atoms. The van der Waals surface area contributed by atoms with E-state index in [2.05, 4.69) is 4.90 Å². The zero-order chi connectivity index (χ0) is 17.0. The van der Waals surface area contributed by atoms with Gasteiger partial charge in [-0.1, -0.05) is 30.3 Å². The molecule has 0 aliphatic carbocycles. The van der Waals surface area contributed by atoms with Crippen molar-refractivity contribution >= 4 is 10.0 Å². The van der Waals surface area contributed by atoms with Gasteiger partial charge in [0.15, 0.2) is 0 Å². The number of rotatable bonds is 5. The summed E-state index contributed by atoms with van der Waals surface area (Å²) in [5, 5.41) is 0. The lowest BCUT2D eigenvalue weighted by atomic mass is 10.2. The van der Waals surface area contributed by atoms with E-state index < -0.39 is 10.0 Å². The first-order valence-corrected chi connectivity index (χ1v) is 9.44. The minimum Gasteiger partial charge on any atom is -0.497 e. The van der Waals surface area contributed by atoms with Crippen molar-refractivity contribution < 1.29 is 13.2 Å². The van der Waals surface area contributed by atoms with E-state index >= 15 is 0 Å². The van der Waals surface area contributed by atoms with E-state index in [0.717, 1.165) is 25.4 Å². The van der Waals surface area contributed by atoms with Crippen molar-refractivity contribution in [3.63, 3.8) is 0 Å². The number of sulfonamides is 1. The average molecular weight is 346 g/mol. The molecule has 2 aromatic carbocycles. The smallest absolute Gasteiger partial charge is 0.243 e. The molecule has 0 aromatic heterocycles. The third kappa shape index (κ3) is 3.77. The second-order valence-electron chi connectivity index (χ2n) is 5.84. The zero-order valence-electron chi connectivity index (χ0n) is 13.8.